The van der Waals surface area contributed by atoms with Crippen LogP contribution in [0.4, 0.5) is 0 Å². The molecule has 2 rings (SSSR count). The summed E-state index contributed by atoms with van der Waals surface area (Å²) in [5.41, 5.74) is 7.56. The summed E-state index contributed by atoms with van der Waals surface area (Å²) < 4.78 is 0. The molecule has 0 radical (unpaired) electrons. The number of aromatic amines is 2. The fraction of sp³-hybridized carbons (Fsp3) is 0.111. The normalized spacial score (nSPS) is 10.4. The number of hydrogen-bond acceptors (Lipinski definition) is 3. The molecule has 0 aromatic carbocycles. The molecule has 0 aliphatic rings. The summed E-state index contributed by atoms with van der Waals surface area (Å²) in [5.74, 6) is 0. The minimum absolute atomic E-state index is 0.235. The number of H-pyrrole nitrogens is 2. The van der Waals surface area contributed by atoms with Crippen molar-refractivity contribution < 1.29 is 0 Å². The molecule has 2 aromatic heterocycles. The van der Waals surface area contributed by atoms with E-state index >= 15 is 0 Å². The van der Waals surface area contributed by atoms with Crippen molar-refractivity contribution in [2.45, 2.75) is 6.54 Å². The summed E-state index contributed by atoms with van der Waals surface area (Å²) in [4.78, 5) is 14.0. The van der Waals surface area contributed by atoms with Crippen LogP contribution in [0.1, 0.15) is 5.56 Å². The van der Waals surface area contributed by atoms with E-state index in [1.165, 1.54) is 6.07 Å². The molecule has 5 nitrogen and oxygen atoms in total. The Bertz CT molecular complexity index is 472. The van der Waals surface area contributed by atoms with E-state index in [-0.39, 0.29) is 5.56 Å². The van der Waals surface area contributed by atoms with Gasteiger partial charge in [0.1, 0.15) is 5.69 Å². The summed E-state index contributed by atoms with van der Waals surface area (Å²) in [6.07, 6.45) is 1.79. The van der Waals surface area contributed by atoms with Gasteiger partial charge in [-0.25, -0.2) is 5.10 Å². The minimum atomic E-state index is -0.235. The van der Waals surface area contributed by atoms with Crippen molar-refractivity contribution >= 4 is 0 Å². The van der Waals surface area contributed by atoms with E-state index in [0.29, 0.717) is 12.2 Å². The van der Waals surface area contributed by atoms with Gasteiger partial charge in [-0.1, -0.05) is 0 Å². The lowest BCUT2D eigenvalue weighted by molar-refractivity contribution is 0.940. The standard InChI is InChI=1S/C9H10N4O/c10-5-6-4-8(14)12-13-9(6)7-2-1-3-11-7/h1-4,11H,5,10H2,(H,12,14). The van der Waals surface area contributed by atoms with E-state index < -0.39 is 0 Å². The minimum Gasteiger partial charge on any atom is -0.360 e. The molecule has 0 bridgehead atoms. The zero-order valence-corrected chi connectivity index (χ0v) is 7.45. The Morgan fingerprint density at radius 1 is 1.50 bits per heavy atom. The highest BCUT2D eigenvalue weighted by Gasteiger charge is 2.06. The second-order valence-electron chi connectivity index (χ2n) is 2.89. The maximum absolute atomic E-state index is 11.0. The van der Waals surface area contributed by atoms with E-state index in [1.54, 1.807) is 6.20 Å². The molecule has 14 heavy (non-hydrogen) atoms. The van der Waals surface area contributed by atoms with Crippen LogP contribution in [-0.2, 0) is 6.54 Å². The van der Waals surface area contributed by atoms with E-state index in [0.717, 1.165) is 11.3 Å². The van der Waals surface area contributed by atoms with Gasteiger partial charge in [-0.3, -0.25) is 4.79 Å². The Labute approximate surface area is 80.0 Å². The molecule has 0 aliphatic heterocycles. The molecule has 0 saturated heterocycles. The molecule has 0 spiro atoms. The van der Waals surface area contributed by atoms with Gasteiger partial charge in [0.05, 0.1) is 5.69 Å². The highest BCUT2D eigenvalue weighted by molar-refractivity contribution is 5.57. The van der Waals surface area contributed by atoms with Crippen molar-refractivity contribution in [2.24, 2.45) is 5.73 Å². The quantitative estimate of drug-likeness (QED) is 0.633. The molecule has 0 unspecified atom stereocenters. The lowest BCUT2D eigenvalue weighted by atomic mass is 10.1. The molecule has 0 amide bonds. The summed E-state index contributed by atoms with van der Waals surface area (Å²) >= 11 is 0. The maximum Gasteiger partial charge on any atom is 0.264 e. The van der Waals surface area contributed by atoms with Crippen LogP contribution in [0.5, 0.6) is 0 Å². The monoisotopic (exact) mass is 190 g/mol. The molecule has 4 N–H and O–H groups in total. The van der Waals surface area contributed by atoms with Gasteiger partial charge in [0, 0.05) is 24.4 Å². The predicted octanol–water partition coefficient (Wildman–Crippen LogP) is 0.224. The first-order valence-corrected chi connectivity index (χ1v) is 4.23. The average molecular weight is 190 g/mol. The van der Waals surface area contributed by atoms with Crippen molar-refractivity contribution in [3.63, 3.8) is 0 Å². The molecule has 0 saturated carbocycles. The number of rotatable bonds is 2. The first-order valence-electron chi connectivity index (χ1n) is 4.23. The molecular weight excluding hydrogens is 180 g/mol. The molecule has 72 valence electrons. The van der Waals surface area contributed by atoms with Crippen molar-refractivity contribution in [1.82, 2.24) is 15.2 Å². The summed E-state index contributed by atoms with van der Waals surface area (Å²) in [6, 6.07) is 5.20. The SMILES string of the molecule is NCc1cc(=O)[nH]nc1-c1ccc[nH]1. The molecule has 2 aromatic rings. The van der Waals surface area contributed by atoms with Gasteiger partial charge in [0.25, 0.3) is 5.56 Å². The average Bonchev–Trinajstić information content (AvgIpc) is 2.70. The van der Waals surface area contributed by atoms with Crippen molar-refractivity contribution in [3.05, 3.63) is 40.3 Å². The Hall–Kier alpha value is -1.88. The van der Waals surface area contributed by atoms with Gasteiger partial charge >= 0.3 is 0 Å². The van der Waals surface area contributed by atoms with Crippen LogP contribution in [0.25, 0.3) is 11.4 Å². The van der Waals surface area contributed by atoms with Crippen LogP contribution < -0.4 is 11.3 Å². The molecule has 5 heteroatoms. The molecule has 0 atom stereocenters. The maximum atomic E-state index is 11.0. The van der Waals surface area contributed by atoms with Crippen LogP contribution in [0, 0.1) is 0 Å². The highest BCUT2D eigenvalue weighted by atomic mass is 16.1. The number of nitrogens with one attached hydrogen (secondary N) is 2. The fourth-order valence-electron chi connectivity index (χ4n) is 1.31. The van der Waals surface area contributed by atoms with Gasteiger partial charge in [0.2, 0.25) is 0 Å². The van der Waals surface area contributed by atoms with Crippen LogP contribution in [0.2, 0.25) is 0 Å². The Morgan fingerprint density at radius 2 is 2.36 bits per heavy atom. The summed E-state index contributed by atoms with van der Waals surface area (Å²) in [6.45, 7) is 0.297. The van der Waals surface area contributed by atoms with Crippen LogP contribution in [0.15, 0.2) is 29.2 Å². The number of hydrogen-bond donors (Lipinski definition) is 3. The topological polar surface area (TPSA) is 87.6 Å². The van der Waals surface area contributed by atoms with Crippen LogP contribution >= 0.6 is 0 Å². The second kappa shape index (κ2) is 3.47. The van der Waals surface area contributed by atoms with E-state index in [4.69, 9.17) is 5.73 Å². The molecule has 0 aliphatic carbocycles. The van der Waals surface area contributed by atoms with Crippen molar-refractivity contribution in [1.29, 1.82) is 0 Å². The van der Waals surface area contributed by atoms with E-state index in [2.05, 4.69) is 15.2 Å². The number of aromatic nitrogens is 3. The van der Waals surface area contributed by atoms with Gasteiger partial charge < -0.3 is 10.7 Å². The van der Waals surface area contributed by atoms with Gasteiger partial charge in [-0.2, -0.15) is 5.10 Å². The largest absolute Gasteiger partial charge is 0.360 e. The Kier molecular flexibility index (Phi) is 2.16. The smallest absolute Gasteiger partial charge is 0.264 e. The van der Waals surface area contributed by atoms with E-state index in [9.17, 15) is 4.79 Å². The van der Waals surface area contributed by atoms with Crippen LogP contribution in [0.3, 0.4) is 0 Å². The Balaban J connectivity index is 2.58. The Morgan fingerprint density at radius 3 is 3.00 bits per heavy atom. The fourth-order valence-corrected chi connectivity index (χ4v) is 1.31. The number of nitrogens with zero attached hydrogens (tertiary/aromatic N) is 1. The predicted molar refractivity (Wildman–Crippen MR) is 52.5 cm³/mol. The lowest BCUT2D eigenvalue weighted by Crippen LogP contribution is -2.12. The van der Waals surface area contributed by atoms with Gasteiger partial charge in [-0.05, 0) is 12.1 Å². The van der Waals surface area contributed by atoms with E-state index in [1.807, 2.05) is 12.1 Å². The van der Waals surface area contributed by atoms with Gasteiger partial charge in [-0.15, -0.1) is 0 Å². The zero-order valence-electron chi connectivity index (χ0n) is 7.45. The van der Waals surface area contributed by atoms with Crippen molar-refractivity contribution in [3.8, 4) is 11.4 Å². The lowest BCUT2D eigenvalue weighted by Gasteiger charge is -2.02. The molecular formula is C9H10N4O. The summed E-state index contributed by atoms with van der Waals surface area (Å²) in [7, 11) is 0. The first-order chi connectivity index (χ1) is 6.81. The number of nitrogens with two attached hydrogens (primary N) is 1. The first kappa shape index (κ1) is 8.71. The molecule has 0 fully saturated rings. The van der Waals surface area contributed by atoms with Gasteiger partial charge in [0.15, 0.2) is 0 Å². The van der Waals surface area contributed by atoms with Crippen LogP contribution in [-0.4, -0.2) is 15.2 Å². The second-order valence-corrected chi connectivity index (χ2v) is 2.89. The zero-order chi connectivity index (χ0) is 9.97. The van der Waals surface area contributed by atoms with Crippen molar-refractivity contribution in [2.75, 3.05) is 0 Å². The summed E-state index contributed by atoms with van der Waals surface area (Å²) in [5, 5.41) is 6.32. The third-order valence-corrected chi connectivity index (χ3v) is 1.96. The molecule has 2 heterocycles. The highest BCUT2D eigenvalue weighted by Crippen LogP contribution is 2.16. The third-order valence-electron chi connectivity index (χ3n) is 1.96. The third kappa shape index (κ3) is 1.45.